The average Bonchev–Trinajstić information content (AvgIpc) is 2.79. The van der Waals surface area contributed by atoms with E-state index in [9.17, 15) is 20.2 Å². The van der Waals surface area contributed by atoms with E-state index in [1.54, 1.807) is 24.3 Å². The highest BCUT2D eigenvalue weighted by molar-refractivity contribution is 9.10. The van der Waals surface area contributed by atoms with E-state index in [4.69, 9.17) is 4.74 Å². The standard InChI is InChI=1S/C19H16BrN3O5/c1-18(2)14-10-13(22(24)25)4-5-15(14)21(3)19(18)7-6-11-8-12(20)9-16(23(26)27)17(11)28-19/h4-10H,1-3H3/t19-/m1/s1. The summed E-state index contributed by atoms with van der Waals surface area (Å²) in [5.41, 5.74) is 0.207. The molecule has 9 heteroatoms. The van der Waals surface area contributed by atoms with Crippen LogP contribution in [0.15, 0.2) is 40.9 Å². The number of rotatable bonds is 2. The molecule has 8 nitrogen and oxygen atoms in total. The van der Waals surface area contributed by atoms with Crippen molar-refractivity contribution in [3.05, 3.63) is 72.2 Å². The van der Waals surface area contributed by atoms with Gasteiger partial charge in [-0.15, -0.1) is 0 Å². The SMILES string of the molecule is CN1c2ccc([N+](=O)[O-])cc2C(C)(C)[C@]12C=Cc1cc(Br)cc([N+](=O)[O-])c1O2. The van der Waals surface area contributed by atoms with Crippen molar-refractivity contribution >= 4 is 39.1 Å². The van der Waals surface area contributed by atoms with Gasteiger partial charge in [0.2, 0.25) is 11.5 Å². The number of ether oxygens (including phenoxy) is 1. The fourth-order valence-corrected chi connectivity index (χ4v) is 4.56. The number of non-ortho nitro benzene ring substituents is 1. The summed E-state index contributed by atoms with van der Waals surface area (Å²) in [4.78, 5) is 23.8. The molecule has 0 saturated carbocycles. The molecular formula is C19H16BrN3O5. The number of benzene rings is 2. The maximum absolute atomic E-state index is 11.6. The Balaban J connectivity index is 1.91. The summed E-state index contributed by atoms with van der Waals surface area (Å²) in [7, 11) is 1.82. The molecule has 0 aliphatic carbocycles. The lowest BCUT2D eigenvalue weighted by Crippen LogP contribution is -2.58. The Labute approximate surface area is 168 Å². The van der Waals surface area contributed by atoms with Crippen molar-refractivity contribution in [2.45, 2.75) is 25.0 Å². The second-order valence-corrected chi connectivity index (χ2v) is 8.29. The van der Waals surface area contributed by atoms with Gasteiger partial charge in [-0.2, -0.15) is 0 Å². The molecule has 0 bridgehead atoms. The predicted molar refractivity (Wildman–Crippen MR) is 108 cm³/mol. The van der Waals surface area contributed by atoms with Crippen molar-refractivity contribution in [1.82, 2.24) is 0 Å². The Hall–Kier alpha value is -2.94. The maximum Gasteiger partial charge on any atom is 0.312 e. The van der Waals surface area contributed by atoms with Gasteiger partial charge >= 0.3 is 5.69 Å². The molecule has 0 aromatic heterocycles. The minimum absolute atomic E-state index is 0.00706. The Kier molecular flexibility index (Phi) is 3.80. The third-order valence-corrected chi connectivity index (χ3v) is 6.08. The summed E-state index contributed by atoms with van der Waals surface area (Å²) in [5, 5.41) is 22.8. The van der Waals surface area contributed by atoms with Crippen LogP contribution in [-0.4, -0.2) is 22.6 Å². The van der Waals surface area contributed by atoms with Gasteiger partial charge in [0.25, 0.3) is 5.69 Å². The molecule has 2 aliphatic rings. The lowest BCUT2D eigenvalue weighted by molar-refractivity contribution is -0.386. The highest BCUT2D eigenvalue weighted by atomic mass is 79.9. The zero-order valence-electron chi connectivity index (χ0n) is 15.3. The summed E-state index contributed by atoms with van der Waals surface area (Å²) in [6, 6.07) is 7.84. The summed E-state index contributed by atoms with van der Waals surface area (Å²) in [6.45, 7) is 3.83. The number of fused-ring (bicyclic) bond motifs is 2. The van der Waals surface area contributed by atoms with Crippen LogP contribution >= 0.6 is 15.9 Å². The first-order valence-electron chi connectivity index (χ1n) is 8.47. The fraction of sp³-hybridized carbons (Fsp3) is 0.263. The van der Waals surface area contributed by atoms with E-state index in [0.717, 1.165) is 11.3 Å². The van der Waals surface area contributed by atoms with Crippen molar-refractivity contribution in [2.75, 3.05) is 11.9 Å². The molecule has 0 fully saturated rings. The van der Waals surface area contributed by atoms with E-state index in [-0.39, 0.29) is 17.1 Å². The molecule has 1 atom stereocenters. The molecule has 0 radical (unpaired) electrons. The number of nitrogens with zero attached hydrogens (tertiary/aromatic N) is 3. The topological polar surface area (TPSA) is 98.8 Å². The summed E-state index contributed by atoms with van der Waals surface area (Å²) < 4.78 is 6.93. The van der Waals surface area contributed by atoms with E-state index >= 15 is 0 Å². The first-order valence-corrected chi connectivity index (χ1v) is 9.27. The molecule has 2 heterocycles. The van der Waals surface area contributed by atoms with Crippen molar-refractivity contribution in [2.24, 2.45) is 0 Å². The quantitative estimate of drug-likeness (QED) is 0.486. The van der Waals surface area contributed by atoms with Gasteiger partial charge in [0.05, 0.1) is 15.3 Å². The van der Waals surface area contributed by atoms with Gasteiger partial charge in [-0.3, -0.25) is 20.2 Å². The van der Waals surface area contributed by atoms with Crippen LogP contribution in [0, 0.1) is 20.2 Å². The zero-order valence-corrected chi connectivity index (χ0v) is 16.9. The van der Waals surface area contributed by atoms with E-state index in [2.05, 4.69) is 15.9 Å². The number of nitro groups is 2. The van der Waals surface area contributed by atoms with Crippen molar-refractivity contribution < 1.29 is 14.6 Å². The van der Waals surface area contributed by atoms with Gasteiger partial charge in [0.1, 0.15) is 0 Å². The van der Waals surface area contributed by atoms with E-state index in [1.807, 2.05) is 31.9 Å². The van der Waals surface area contributed by atoms with Crippen LogP contribution in [0.2, 0.25) is 0 Å². The van der Waals surface area contributed by atoms with Crippen LogP contribution in [0.3, 0.4) is 0 Å². The highest BCUT2D eigenvalue weighted by Gasteiger charge is 2.58. The lowest BCUT2D eigenvalue weighted by Gasteiger charge is -2.45. The van der Waals surface area contributed by atoms with Gasteiger partial charge in [-0.05, 0) is 43.7 Å². The highest BCUT2D eigenvalue weighted by Crippen LogP contribution is 2.56. The largest absolute Gasteiger partial charge is 0.456 e. The van der Waals surface area contributed by atoms with Gasteiger partial charge in [0.15, 0.2) is 0 Å². The van der Waals surface area contributed by atoms with Crippen molar-refractivity contribution in [3.63, 3.8) is 0 Å². The Morgan fingerprint density at radius 3 is 2.46 bits per heavy atom. The first-order chi connectivity index (χ1) is 13.1. The molecule has 144 valence electrons. The van der Waals surface area contributed by atoms with Crippen molar-refractivity contribution in [3.8, 4) is 5.75 Å². The molecule has 2 aromatic carbocycles. The van der Waals surface area contributed by atoms with E-state index < -0.39 is 21.0 Å². The summed E-state index contributed by atoms with van der Waals surface area (Å²) >= 11 is 3.30. The van der Waals surface area contributed by atoms with Crippen LogP contribution in [0.25, 0.3) is 6.08 Å². The number of hydrogen-bond donors (Lipinski definition) is 0. The van der Waals surface area contributed by atoms with Gasteiger partial charge in [0, 0.05) is 41.0 Å². The van der Waals surface area contributed by atoms with Gasteiger partial charge < -0.3 is 9.64 Å². The van der Waals surface area contributed by atoms with Crippen LogP contribution in [0.1, 0.15) is 25.0 Å². The third-order valence-electron chi connectivity index (χ3n) is 5.63. The maximum atomic E-state index is 11.6. The number of nitro benzene ring substituents is 2. The molecule has 2 aliphatic heterocycles. The smallest absolute Gasteiger partial charge is 0.312 e. The molecule has 4 rings (SSSR count). The molecule has 0 N–H and O–H groups in total. The van der Waals surface area contributed by atoms with Crippen LogP contribution < -0.4 is 9.64 Å². The van der Waals surface area contributed by atoms with Gasteiger partial charge in [-0.25, -0.2) is 0 Å². The average molecular weight is 446 g/mol. The van der Waals surface area contributed by atoms with Gasteiger partial charge in [-0.1, -0.05) is 15.9 Å². The van der Waals surface area contributed by atoms with E-state index in [1.165, 1.54) is 12.1 Å². The Morgan fingerprint density at radius 1 is 1.11 bits per heavy atom. The minimum atomic E-state index is -1.06. The number of hydrogen-bond acceptors (Lipinski definition) is 6. The molecule has 0 saturated heterocycles. The predicted octanol–water partition coefficient (Wildman–Crippen LogP) is 4.80. The molecule has 1 spiro atoms. The zero-order chi connectivity index (χ0) is 20.4. The van der Waals surface area contributed by atoms with Crippen LogP contribution in [-0.2, 0) is 5.41 Å². The fourth-order valence-electron chi connectivity index (χ4n) is 4.10. The summed E-state index contributed by atoms with van der Waals surface area (Å²) in [5.74, 6) is 0.179. The van der Waals surface area contributed by atoms with E-state index in [0.29, 0.717) is 10.0 Å². The number of likely N-dealkylation sites (N-methyl/N-ethyl adjacent to an activating group) is 1. The second kappa shape index (κ2) is 5.78. The molecule has 0 unspecified atom stereocenters. The lowest BCUT2D eigenvalue weighted by atomic mass is 9.76. The normalized spacial score (nSPS) is 21.2. The van der Waals surface area contributed by atoms with Crippen LogP contribution in [0.5, 0.6) is 5.75 Å². The summed E-state index contributed by atoms with van der Waals surface area (Å²) in [6.07, 6.45) is 3.66. The Morgan fingerprint density at radius 2 is 1.82 bits per heavy atom. The van der Waals surface area contributed by atoms with Crippen molar-refractivity contribution in [1.29, 1.82) is 0 Å². The third kappa shape index (κ3) is 2.29. The Bertz CT molecular complexity index is 1080. The second-order valence-electron chi connectivity index (χ2n) is 7.37. The first kappa shape index (κ1) is 18.4. The number of anilines is 1. The number of halogens is 1. The molecule has 2 aromatic rings. The molecule has 28 heavy (non-hydrogen) atoms. The minimum Gasteiger partial charge on any atom is -0.456 e. The van der Waals surface area contributed by atoms with Crippen LogP contribution in [0.4, 0.5) is 17.1 Å². The molecular weight excluding hydrogens is 430 g/mol. The monoisotopic (exact) mass is 445 g/mol. The molecule has 0 amide bonds.